The summed E-state index contributed by atoms with van der Waals surface area (Å²) in [5, 5.41) is 4.53. The van der Waals surface area contributed by atoms with Crippen LogP contribution in [0, 0.1) is 0 Å². The Hall–Kier alpha value is -2.03. The van der Waals surface area contributed by atoms with E-state index in [-0.39, 0.29) is 0 Å². The van der Waals surface area contributed by atoms with Gasteiger partial charge in [-0.15, -0.1) is 0 Å². The van der Waals surface area contributed by atoms with Gasteiger partial charge in [-0.25, -0.2) is 4.68 Å². The second-order valence-corrected chi connectivity index (χ2v) is 4.82. The van der Waals surface area contributed by atoms with Gasteiger partial charge in [-0.05, 0) is 31.9 Å². The van der Waals surface area contributed by atoms with Gasteiger partial charge in [0.05, 0.1) is 29.7 Å². The van der Waals surface area contributed by atoms with E-state index >= 15 is 0 Å². The summed E-state index contributed by atoms with van der Waals surface area (Å²) in [4.78, 5) is 0. The van der Waals surface area contributed by atoms with Crippen molar-refractivity contribution < 1.29 is 4.74 Å². The fourth-order valence-electron chi connectivity index (χ4n) is 2.35. The van der Waals surface area contributed by atoms with E-state index in [9.17, 15) is 0 Å². The van der Waals surface area contributed by atoms with Crippen LogP contribution in [-0.2, 0) is 4.74 Å². The van der Waals surface area contributed by atoms with Gasteiger partial charge in [0.15, 0.2) is 0 Å². The van der Waals surface area contributed by atoms with Crippen LogP contribution in [0.15, 0.2) is 43.1 Å². The van der Waals surface area contributed by atoms with Gasteiger partial charge in [0.2, 0.25) is 0 Å². The van der Waals surface area contributed by atoms with Crippen molar-refractivity contribution in [3.8, 4) is 5.69 Å². The van der Waals surface area contributed by atoms with E-state index in [0.29, 0.717) is 12.5 Å². The van der Waals surface area contributed by atoms with Gasteiger partial charge in [0.25, 0.3) is 0 Å². The van der Waals surface area contributed by atoms with Crippen molar-refractivity contribution >= 4 is 5.76 Å². The van der Waals surface area contributed by atoms with Crippen LogP contribution < -0.4 is 0 Å². The SMILES string of the molecule is C=C(OCC)c1cnn(-c2ccccc2)c1C1CC1. The molecule has 3 nitrogen and oxygen atoms in total. The van der Waals surface area contributed by atoms with Crippen LogP contribution >= 0.6 is 0 Å². The fraction of sp³-hybridized carbons (Fsp3) is 0.312. The minimum atomic E-state index is 0.593. The number of hydrogen-bond acceptors (Lipinski definition) is 2. The summed E-state index contributed by atoms with van der Waals surface area (Å²) in [6.07, 6.45) is 4.33. The number of hydrogen-bond donors (Lipinski definition) is 0. The Balaban J connectivity index is 2.04. The van der Waals surface area contributed by atoms with E-state index in [0.717, 1.165) is 17.0 Å². The zero-order valence-electron chi connectivity index (χ0n) is 11.2. The Bertz CT molecular complexity index is 582. The van der Waals surface area contributed by atoms with Crippen molar-refractivity contribution in [2.75, 3.05) is 6.61 Å². The van der Waals surface area contributed by atoms with Crippen molar-refractivity contribution in [3.63, 3.8) is 0 Å². The topological polar surface area (TPSA) is 27.1 Å². The molecular weight excluding hydrogens is 236 g/mol. The molecule has 3 rings (SSSR count). The molecule has 3 heteroatoms. The van der Waals surface area contributed by atoms with Crippen LogP contribution in [0.25, 0.3) is 11.4 Å². The van der Waals surface area contributed by atoms with Gasteiger partial charge in [-0.1, -0.05) is 24.8 Å². The molecule has 1 aliphatic rings. The molecule has 98 valence electrons. The average molecular weight is 254 g/mol. The third-order valence-electron chi connectivity index (χ3n) is 3.39. The number of aromatic nitrogens is 2. The molecule has 19 heavy (non-hydrogen) atoms. The molecule has 0 bridgehead atoms. The highest BCUT2D eigenvalue weighted by Crippen LogP contribution is 2.43. The van der Waals surface area contributed by atoms with Crippen LogP contribution in [0.5, 0.6) is 0 Å². The maximum Gasteiger partial charge on any atom is 0.122 e. The molecule has 0 aliphatic heterocycles. The first-order valence-corrected chi connectivity index (χ1v) is 6.76. The van der Waals surface area contributed by atoms with Gasteiger partial charge in [-0.3, -0.25) is 0 Å². The molecule has 0 radical (unpaired) electrons. The molecule has 0 amide bonds. The molecule has 2 aromatic rings. The van der Waals surface area contributed by atoms with Gasteiger partial charge in [0.1, 0.15) is 5.76 Å². The standard InChI is InChI=1S/C16H18N2O/c1-3-19-12(2)15-11-17-18(16(15)13-9-10-13)14-7-5-4-6-8-14/h4-8,11,13H,2-3,9-10H2,1H3. The molecule has 1 saturated carbocycles. The maximum absolute atomic E-state index is 5.55. The molecule has 0 unspecified atom stereocenters. The Kier molecular flexibility index (Phi) is 3.11. The summed E-state index contributed by atoms with van der Waals surface area (Å²) in [6.45, 7) is 6.63. The van der Waals surface area contributed by atoms with Crippen molar-refractivity contribution in [2.24, 2.45) is 0 Å². The van der Waals surface area contributed by atoms with Crippen LogP contribution in [0.1, 0.15) is 36.9 Å². The summed E-state index contributed by atoms with van der Waals surface area (Å²) >= 11 is 0. The smallest absolute Gasteiger partial charge is 0.122 e. The lowest BCUT2D eigenvalue weighted by molar-refractivity contribution is 0.299. The highest BCUT2D eigenvalue weighted by molar-refractivity contribution is 5.61. The molecular formula is C16H18N2O. The van der Waals surface area contributed by atoms with Crippen LogP contribution in [-0.4, -0.2) is 16.4 Å². The largest absolute Gasteiger partial charge is 0.494 e. The third kappa shape index (κ3) is 2.28. The number of benzene rings is 1. The predicted octanol–water partition coefficient (Wildman–Crippen LogP) is 3.76. The van der Waals surface area contributed by atoms with Crippen molar-refractivity contribution in [3.05, 3.63) is 54.4 Å². The number of para-hydroxylation sites is 1. The first-order valence-electron chi connectivity index (χ1n) is 6.76. The summed E-state index contributed by atoms with van der Waals surface area (Å²) in [7, 11) is 0. The molecule has 0 saturated heterocycles. The zero-order chi connectivity index (χ0) is 13.2. The van der Waals surface area contributed by atoms with Crippen molar-refractivity contribution in [1.29, 1.82) is 0 Å². The summed E-state index contributed by atoms with van der Waals surface area (Å²) in [5.74, 6) is 1.32. The predicted molar refractivity (Wildman–Crippen MR) is 76.2 cm³/mol. The third-order valence-corrected chi connectivity index (χ3v) is 3.39. The highest BCUT2D eigenvalue weighted by Gasteiger charge is 2.31. The molecule has 0 spiro atoms. The van der Waals surface area contributed by atoms with Crippen LogP contribution in [0.4, 0.5) is 0 Å². The Morgan fingerprint density at radius 3 is 2.74 bits per heavy atom. The van der Waals surface area contributed by atoms with E-state index in [2.05, 4.69) is 23.8 Å². The quantitative estimate of drug-likeness (QED) is 0.760. The molecule has 1 fully saturated rings. The lowest BCUT2D eigenvalue weighted by atomic mass is 10.1. The molecule has 0 N–H and O–H groups in total. The average Bonchev–Trinajstić information content (AvgIpc) is 3.18. The van der Waals surface area contributed by atoms with Gasteiger partial charge in [-0.2, -0.15) is 5.10 Å². The van der Waals surface area contributed by atoms with Crippen molar-refractivity contribution in [1.82, 2.24) is 9.78 Å². The van der Waals surface area contributed by atoms with Crippen LogP contribution in [0.3, 0.4) is 0 Å². The Labute approximate surface area is 113 Å². The summed E-state index contributed by atoms with van der Waals surface area (Å²) < 4.78 is 7.57. The fourth-order valence-corrected chi connectivity index (χ4v) is 2.35. The molecule has 1 aromatic heterocycles. The van der Waals surface area contributed by atoms with Gasteiger partial charge in [0, 0.05) is 5.92 Å². The molecule has 1 aromatic carbocycles. The maximum atomic E-state index is 5.55. The Morgan fingerprint density at radius 2 is 2.11 bits per heavy atom. The minimum Gasteiger partial charge on any atom is -0.494 e. The van der Waals surface area contributed by atoms with E-state index in [1.165, 1.54) is 18.5 Å². The van der Waals surface area contributed by atoms with E-state index in [4.69, 9.17) is 4.74 Å². The highest BCUT2D eigenvalue weighted by atomic mass is 16.5. The number of rotatable bonds is 5. The second kappa shape index (κ2) is 4.92. The van der Waals surface area contributed by atoms with Crippen molar-refractivity contribution in [2.45, 2.75) is 25.7 Å². The molecule has 1 aliphatic carbocycles. The normalized spacial score (nSPS) is 14.4. The Morgan fingerprint density at radius 1 is 1.37 bits per heavy atom. The lowest BCUT2D eigenvalue weighted by Gasteiger charge is -2.10. The molecule has 1 heterocycles. The second-order valence-electron chi connectivity index (χ2n) is 4.82. The minimum absolute atomic E-state index is 0.593. The van der Waals surface area contributed by atoms with E-state index in [1.54, 1.807) is 0 Å². The number of nitrogens with zero attached hydrogens (tertiary/aromatic N) is 2. The van der Waals surface area contributed by atoms with Gasteiger partial charge < -0.3 is 4.74 Å². The first-order chi connectivity index (χ1) is 9.31. The van der Waals surface area contributed by atoms with E-state index < -0.39 is 0 Å². The van der Waals surface area contributed by atoms with E-state index in [1.807, 2.05) is 36.0 Å². The van der Waals surface area contributed by atoms with Crippen LogP contribution in [0.2, 0.25) is 0 Å². The number of ether oxygens (including phenoxy) is 1. The summed E-state index contributed by atoms with van der Waals surface area (Å²) in [5.41, 5.74) is 3.39. The monoisotopic (exact) mass is 254 g/mol. The first kappa shape index (κ1) is 12.0. The van der Waals surface area contributed by atoms with Gasteiger partial charge >= 0.3 is 0 Å². The molecule has 0 atom stereocenters. The zero-order valence-corrected chi connectivity index (χ0v) is 11.2. The summed E-state index contributed by atoms with van der Waals surface area (Å²) in [6, 6.07) is 10.2. The lowest BCUT2D eigenvalue weighted by Crippen LogP contribution is -2.02.